The fourth-order valence-electron chi connectivity index (χ4n) is 3.57. The van der Waals surface area contributed by atoms with Gasteiger partial charge in [-0.2, -0.15) is 0 Å². The summed E-state index contributed by atoms with van der Waals surface area (Å²) in [6.07, 6.45) is 7.72. The van der Waals surface area contributed by atoms with Crippen molar-refractivity contribution < 1.29 is 19.3 Å². The van der Waals surface area contributed by atoms with Gasteiger partial charge in [0.05, 0.1) is 0 Å². The molecule has 0 atom stereocenters. The van der Waals surface area contributed by atoms with Crippen molar-refractivity contribution in [3.63, 3.8) is 0 Å². The van der Waals surface area contributed by atoms with Crippen molar-refractivity contribution in [1.29, 1.82) is 0 Å². The predicted octanol–water partition coefficient (Wildman–Crippen LogP) is 3.13. The number of fused-ring (bicyclic) bond motifs is 1. The number of aromatic nitrogens is 2. The largest absolute Gasteiger partial charge is 0.632 e. The molecule has 0 aliphatic heterocycles. The van der Waals surface area contributed by atoms with Gasteiger partial charge in [0.15, 0.2) is 18.0 Å². The molecule has 0 bridgehead atoms. The third kappa shape index (κ3) is 2.62. The fraction of sp³-hybridized carbons (Fsp3) is 0.556. The average Bonchev–Trinajstić information content (AvgIpc) is 2.56. The van der Waals surface area contributed by atoms with Crippen LogP contribution in [0.4, 0.5) is 0 Å². The number of para-hydroxylation sites is 1. The highest BCUT2D eigenvalue weighted by molar-refractivity contribution is 5.79. The van der Waals surface area contributed by atoms with E-state index in [1.807, 2.05) is 28.8 Å². The molecule has 0 amide bonds. The van der Waals surface area contributed by atoms with Gasteiger partial charge < -0.3 is 10.2 Å². The molecule has 1 fully saturated rings. The molecule has 4 heteroatoms. The van der Waals surface area contributed by atoms with Gasteiger partial charge in [-0.3, -0.25) is 0 Å². The lowest BCUT2D eigenvalue weighted by atomic mass is 9.95. The summed E-state index contributed by atoms with van der Waals surface area (Å²) in [6, 6.07) is 8.19. The van der Waals surface area contributed by atoms with E-state index in [1.165, 1.54) is 19.3 Å². The third-order valence-corrected chi connectivity index (χ3v) is 4.80. The summed E-state index contributed by atoms with van der Waals surface area (Å²) in [5, 5.41) is 22.4. The summed E-state index contributed by atoms with van der Waals surface area (Å²) >= 11 is 0. The second kappa shape index (κ2) is 6.51. The van der Waals surface area contributed by atoms with Crippen LogP contribution in [0, 0.1) is 0 Å². The van der Waals surface area contributed by atoms with Gasteiger partial charge in [0.2, 0.25) is 5.52 Å². The Morgan fingerprint density at radius 2 is 1.82 bits per heavy atom. The highest BCUT2D eigenvalue weighted by Gasteiger charge is 2.38. The normalized spacial score (nSPS) is 16.2. The molecule has 0 saturated heterocycles. The van der Waals surface area contributed by atoms with Gasteiger partial charge in [0.1, 0.15) is 0 Å². The van der Waals surface area contributed by atoms with Crippen LogP contribution < -0.4 is 9.13 Å². The maximum atomic E-state index is 10.8. The second-order valence-corrected chi connectivity index (χ2v) is 6.31. The van der Waals surface area contributed by atoms with Crippen LogP contribution in [0.1, 0.15) is 57.9 Å². The first kappa shape index (κ1) is 15.1. The van der Waals surface area contributed by atoms with Crippen LogP contribution in [0.25, 0.3) is 10.9 Å². The number of aromatic hydroxyl groups is 2. The first-order chi connectivity index (χ1) is 10.7. The zero-order valence-corrected chi connectivity index (χ0v) is 13.3. The molecule has 2 aromatic rings. The van der Waals surface area contributed by atoms with Crippen molar-refractivity contribution in [3.8, 4) is 11.9 Å². The predicted molar refractivity (Wildman–Crippen MR) is 84.7 cm³/mol. The standard InChI is InChI=1S/C18H24N2O2/c1-2-3-13-19-16-12-8-7-11-15(16)17(21)20(18(19)22)14-9-5-4-6-10-14/h7-8,11-12,14H,2-6,9-10,13H2,1H3/p+2. The molecule has 1 saturated carbocycles. The maximum Gasteiger partial charge on any atom is 0.632 e. The molecule has 1 heterocycles. The molecule has 4 nitrogen and oxygen atoms in total. The Morgan fingerprint density at radius 1 is 1.09 bits per heavy atom. The van der Waals surface area contributed by atoms with Crippen molar-refractivity contribution in [1.82, 2.24) is 0 Å². The lowest BCUT2D eigenvalue weighted by Gasteiger charge is -2.17. The minimum Gasteiger partial charge on any atom is -0.459 e. The van der Waals surface area contributed by atoms with Crippen molar-refractivity contribution in [2.75, 3.05) is 0 Å². The minimum absolute atomic E-state index is 0.191. The number of nitrogens with zero attached hydrogens (tertiary/aromatic N) is 2. The summed E-state index contributed by atoms with van der Waals surface area (Å²) in [7, 11) is 0. The SMILES string of the molecule is CCCC[n+]1c(O)[n+](C2CCCCC2)c(O)c2ccccc21. The Hall–Kier alpha value is -1.84. The molecule has 0 spiro atoms. The Balaban J connectivity index is 2.18. The average molecular weight is 302 g/mol. The first-order valence-electron chi connectivity index (χ1n) is 8.52. The van der Waals surface area contributed by atoms with Crippen LogP contribution in [0.5, 0.6) is 11.9 Å². The monoisotopic (exact) mass is 302 g/mol. The van der Waals surface area contributed by atoms with E-state index in [0.29, 0.717) is 0 Å². The Bertz CT molecular complexity index is 664. The zero-order valence-electron chi connectivity index (χ0n) is 13.3. The summed E-state index contributed by atoms with van der Waals surface area (Å²) in [5.74, 6) is 0.202. The van der Waals surface area contributed by atoms with Gasteiger partial charge in [0.25, 0.3) is 0 Å². The number of benzene rings is 1. The molecule has 1 aliphatic carbocycles. The van der Waals surface area contributed by atoms with Gasteiger partial charge >= 0.3 is 11.9 Å². The number of unbranched alkanes of at least 4 members (excludes halogenated alkanes) is 1. The van der Waals surface area contributed by atoms with Gasteiger partial charge in [-0.1, -0.05) is 41.0 Å². The molecule has 1 aromatic heterocycles. The minimum atomic E-state index is 0.191. The van der Waals surface area contributed by atoms with E-state index in [9.17, 15) is 10.2 Å². The van der Waals surface area contributed by atoms with Crippen LogP contribution in [0.3, 0.4) is 0 Å². The topological polar surface area (TPSA) is 48.2 Å². The van der Waals surface area contributed by atoms with E-state index in [2.05, 4.69) is 6.92 Å². The number of hydrogen-bond acceptors (Lipinski definition) is 2. The molecular formula is C18H26N2O2+2. The molecule has 1 aliphatic rings. The summed E-state index contributed by atoms with van der Waals surface area (Å²) in [6.45, 7) is 2.92. The van der Waals surface area contributed by atoms with Gasteiger partial charge in [-0.15, -0.1) is 0 Å². The van der Waals surface area contributed by atoms with Gasteiger partial charge in [-0.05, 0) is 18.9 Å². The Kier molecular flexibility index (Phi) is 4.46. The second-order valence-electron chi connectivity index (χ2n) is 6.31. The summed E-state index contributed by atoms with van der Waals surface area (Å²) < 4.78 is 3.71. The lowest BCUT2D eigenvalue weighted by molar-refractivity contribution is -0.834. The molecule has 1 aromatic carbocycles. The van der Waals surface area contributed by atoms with Gasteiger partial charge in [-0.25, -0.2) is 0 Å². The zero-order chi connectivity index (χ0) is 15.5. The van der Waals surface area contributed by atoms with Crippen molar-refractivity contribution in [2.24, 2.45) is 0 Å². The van der Waals surface area contributed by atoms with E-state index in [1.54, 1.807) is 4.57 Å². The molecule has 118 valence electrons. The highest BCUT2D eigenvalue weighted by atomic mass is 16.3. The fourth-order valence-corrected chi connectivity index (χ4v) is 3.57. The number of aryl methyl sites for hydroxylation is 1. The Morgan fingerprint density at radius 3 is 2.55 bits per heavy atom. The number of rotatable bonds is 4. The molecule has 22 heavy (non-hydrogen) atoms. The van der Waals surface area contributed by atoms with Crippen LogP contribution in [-0.2, 0) is 6.54 Å². The summed E-state index contributed by atoms with van der Waals surface area (Å²) in [5.41, 5.74) is 0.901. The molecular weight excluding hydrogens is 276 g/mol. The van der Waals surface area contributed by atoms with Crippen LogP contribution >= 0.6 is 0 Å². The van der Waals surface area contributed by atoms with Crippen molar-refractivity contribution >= 4 is 10.9 Å². The van der Waals surface area contributed by atoms with E-state index in [4.69, 9.17) is 0 Å². The maximum absolute atomic E-state index is 10.8. The van der Waals surface area contributed by atoms with Crippen molar-refractivity contribution in [2.45, 2.75) is 64.5 Å². The van der Waals surface area contributed by atoms with Crippen LogP contribution in [0.2, 0.25) is 0 Å². The molecule has 2 N–H and O–H groups in total. The van der Waals surface area contributed by atoms with E-state index in [0.717, 1.165) is 43.1 Å². The van der Waals surface area contributed by atoms with Crippen LogP contribution in [0.15, 0.2) is 24.3 Å². The third-order valence-electron chi connectivity index (χ3n) is 4.80. The van der Waals surface area contributed by atoms with E-state index in [-0.39, 0.29) is 17.9 Å². The van der Waals surface area contributed by atoms with E-state index >= 15 is 0 Å². The lowest BCUT2D eigenvalue weighted by Crippen LogP contribution is -2.51. The van der Waals surface area contributed by atoms with Crippen molar-refractivity contribution in [3.05, 3.63) is 24.3 Å². The summed E-state index contributed by atoms with van der Waals surface area (Å²) in [4.78, 5) is 0. The molecule has 0 radical (unpaired) electrons. The smallest absolute Gasteiger partial charge is 0.459 e. The first-order valence-corrected chi connectivity index (χ1v) is 8.52. The molecule has 3 rings (SSSR count). The molecule has 0 unspecified atom stereocenters. The highest BCUT2D eigenvalue weighted by Crippen LogP contribution is 2.29. The quantitative estimate of drug-likeness (QED) is 0.853. The number of hydrogen-bond donors (Lipinski definition) is 2. The Labute approximate surface area is 131 Å². The van der Waals surface area contributed by atoms with Crippen LogP contribution in [-0.4, -0.2) is 10.2 Å². The van der Waals surface area contributed by atoms with E-state index < -0.39 is 0 Å². The van der Waals surface area contributed by atoms with Gasteiger partial charge in [0, 0.05) is 25.3 Å².